The Kier molecular flexibility index (Phi) is 6.50. The molecule has 142 valence electrons. The van der Waals surface area contributed by atoms with Crippen molar-refractivity contribution in [2.24, 2.45) is 0 Å². The van der Waals surface area contributed by atoms with Gasteiger partial charge in [-0.2, -0.15) is 8.42 Å². The summed E-state index contributed by atoms with van der Waals surface area (Å²) in [6.07, 6.45) is 1.58. The average molecular weight is 420 g/mol. The smallest absolute Gasteiger partial charge is 0.266 e. The molecule has 1 aromatic rings. The van der Waals surface area contributed by atoms with Crippen molar-refractivity contribution in [3.05, 3.63) is 22.6 Å². The first-order chi connectivity index (χ1) is 12.2. The standard InChI is InChI=1S/C15H17NO7S3/c1-21-10-5-4-9(12(22-2)13(10)23-3)8-11-14(17)16(15(24)25-11)6-7-26(18,19)20/h4-5,8H,6-7H2,1-3H3,(H,18,19,20)/b11-8-. The number of thioether (sulfide) groups is 1. The van der Waals surface area contributed by atoms with Crippen molar-refractivity contribution >= 4 is 50.4 Å². The molecule has 0 bridgehead atoms. The van der Waals surface area contributed by atoms with E-state index < -0.39 is 21.8 Å². The Labute approximate surface area is 160 Å². The third-order valence-corrected chi connectivity index (χ3v) is 5.54. The number of ether oxygens (including phenoxy) is 3. The van der Waals surface area contributed by atoms with Crippen LogP contribution in [0.2, 0.25) is 0 Å². The second-order valence-electron chi connectivity index (χ2n) is 5.04. The highest BCUT2D eigenvalue weighted by molar-refractivity contribution is 8.26. The summed E-state index contributed by atoms with van der Waals surface area (Å²) in [6.45, 7) is -0.218. The lowest BCUT2D eigenvalue weighted by Crippen LogP contribution is -2.32. The highest BCUT2D eigenvalue weighted by Gasteiger charge is 2.33. The maximum Gasteiger partial charge on any atom is 0.266 e. The van der Waals surface area contributed by atoms with E-state index in [4.69, 9.17) is 31.0 Å². The summed E-state index contributed by atoms with van der Waals surface area (Å²) in [5.41, 5.74) is 0.570. The zero-order valence-corrected chi connectivity index (χ0v) is 16.7. The van der Waals surface area contributed by atoms with E-state index in [0.29, 0.717) is 27.7 Å². The Hall–Kier alpha value is -1.82. The molecular formula is C15H17NO7S3. The number of methoxy groups -OCH3 is 3. The van der Waals surface area contributed by atoms with Crippen molar-refractivity contribution < 1.29 is 32.0 Å². The maximum absolute atomic E-state index is 12.5. The van der Waals surface area contributed by atoms with Crippen LogP contribution in [0.15, 0.2) is 17.0 Å². The van der Waals surface area contributed by atoms with E-state index in [2.05, 4.69) is 0 Å². The van der Waals surface area contributed by atoms with E-state index in [1.165, 1.54) is 21.3 Å². The quantitative estimate of drug-likeness (QED) is 0.403. The molecule has 1 aliphatic heterocycles. The second-order valence-corrected chi connectivity index (χ2v) is 8.29. The molecule has 0 atom stereocenters. The number of nitrogens with zero attached hydrogens (tertiary/aromatic N) is 1. The molecule has 1 saturated heterocycles. The molecular weight excluding hydrogens is 402 g/mol. The minimum atomic E-state index is -4.19. The lowest BCUT2D eigenvalue weighted by Gasteiger charge is -2.14. The molecule has 1 fully saturated rings. The predicted molar refractivity (Wildman–Crippen MR) is 102 cm³/mol. The zero-order chi connectivity index (χ0) is 19.5. The summed E-state index contributed by atoms with van der Waals surface area (Å²) in [4.78, 5) is 13.9. The number of carbonyl (C=O) groups excluding carboxylic acids is 1. The monoisotopic (exact) mass is 419 g/mol. The third kappa shape index (κ3) is 4.47. The summed E-state index contributed by atoms with van der Waals surface area (Å²) < 4.78 is 46.8. The van der Waals surface area contributed by atoms with Gasteiger partial charge in [0.05, 0.1) is 32.0 Å². The number of benzene rings is 1. The second kappa shape index (κ2) is 8.25. The Morgan fingerprint density at radius 3 is 2.38 bits per heavy atom. The first-order valence-electron chi connectivity index (χ1n) is 7.21. The third-order valence-electron chi connectivity index (χ3n) is 3.47. The Morgan fingerprint density at radius 1 is 1.19 bits per heavy atom. The minimum absolute atomic E-state index is 0.212. The van der Waals surface area contributed by atoms with E-state index in [-0.39, 0.29) is 10.9 Å². The number of rotatable bonds is 7. The summed E-state index contributed by atoms with van der Waals surface area (Å²) in [5, 5.41) is 0. The van der Waals surface area contributed by atoms with Gasteiger partial charge in [-0.05, 0) is 18.2 Å². The molecule has 26 heavy (non-hydrogen) atoms. The average Bonchev–Trinajstić information content (AvgIpc) is 2.85. The van der Waals surface area contributed by atoms with Crippen molar-refractivity contribution in [2.75, 3.05) is 33.6 Å². The predicted octanol–water partition coefficient (Wildman–Crippen LogP) is 1.80. The van der Waals surface area contributed by atoms with Crippen LogP contribution in [0.3, 0.4) is 0 Å². The molecule has 0 aliphatic carbocycles. The fraction of sp³-hybridized carbons (Fsp3) is 0.333. The summed E-state index contributed by atoms with van der Waals surface area (Å²) in [7, 11) is 0.238. The largest absolute Gasteiger partial charge is 0.493 e. The summed E-state index contributed by atoms with van der Waals surface area (Å²) in [6, 6.07) is 3.37. The van der Waals surface area contributed by atoms with E-state index in [9.17, 15) is 13.2 Å². The molecule has 2 rings (SSSR count). The summed E-state index contributed by atoms with van der Waals surface area (Å²) >= 11 is 6.16. The normalized spacial score (nSPS) is 16.3. The van der Waals surface area contributed by atoms with Crippen LogP contribution in [0.5, 0.6) is 17.2 Å². The molecule has 1 heterocycles. The van der Waals surface area contributed by atoms with Gasteiger partial charge in [-0.1, -0.05) is 24.0 Å². The van der Waals surface area contributed by atoms with Crippen molar-refractivity contribution in [3.8, 4) is 17.2 Å². The maximum atomic E-state index is 12.5. The van der Waals surface area contributed by atoms with Crippen LogP contribution in [-0.4, -0.2) is 61.7 Å². The van der Waals surface area contributed by atoms with Gasteiger partial charge in [0.15, 0.2) is 11.5 Å². The van der Waals surface area contributed by atoms with Crippen LogP contribution in [0.25, 0.3) is 6.08 Å². The van der Waals surface area contributed by atoms with Gasteiger partial charge in [0.25, 0.3) is 16.0 Å². The molecule has 11 heteroatoms. The molecule has 1 aromatic carbocycles. The van der Waals surface area contributed by atoms with Crippen molar-refractivity contribution in [1.29, 1.82) is 0 Å². The molecule has 1 amide bonds. The van der Waals surface area contributed by atoms with Gasteiger partial charge in [0.2, 0.25) is 5.75 Å². The highest BCUT2D eigenvalue weighted by Crippen LogP contribution is 2.42. The van der Waals surface area contributed by atoms with Crippen LogP contribution < -0.4 is 14.2 Å². The number of hydrogen-bond acceptors (Lipinski definition) is 8. The van der Waals surface area contributed by atoms with Crippen molar-refractivity contribution in [3.63, 3.8) is 0 Å². The molecule has 0 unspecified atom stereocenters. The van der Waals surface area contributed by atoms with E-state index in [1.54, 1.807) is 18.2 Å². The van der Waals surface area contributed by atoms with E-state index in [1.807, 2.05) is 0 Å². The number of amides is 1. The molecule has 8 nitrogen and oxygen atoms in total. The van der Waals surface area contributed by atoms with Gasteiger partial charge in [-0.15, -0.1) is 0 Å². The van der Waals surface area contributed by atoms with E-state index in [0.717, 1.165) is 16.7 Å². The lowest BCUT2D eigenvalue weighted by atomic mass is 10.1. The fourth-order valence-electron chi connectivity index (χ4n) is 2.28. The molecule has 0 aromatic heterocycles. The van der Waals surface area contributed by atoms with E-state index >= 15 is 0 Å². The SMILES string of the molecule is COc1ccc(/C=C2\SC(=S)N(CCS(=O)(=O)O)C2=O)c(OC)c1OC. The zero-order valence-electron chi connectivity index (χ0n) is 14.2. The van der Waals surface area contributed by atoms with Crippen LogP contribution in [0, 0.1) is 0 Å². The number of carbonyl (C=O) groups is 1. The van der Waals surface area contributed by atoms with Gasteiger partial charge < -0.3 is 14.2 Å². The Bertz CT molecular complexity index is 864. The first kappa shape index (κ1) is 20.5. The molecule has 1 aliphatic rings. The van der Waals surface area contributed by atoms with Gasteiger partial charge in [-0.25, -0.2) is 0 Å². The van der Waals surface area contributed by atoms with Crippen molar-refractivity contribution in [1.82, 2.24) is 4.90 Å². The molecule has 0 radical (unpaired) electrons. The van der Waals surface area contributed by atoms with Crippen LogP contribution in [0.4, 0.5) is 0 Å². The van der Waals surface area contributed by atoms with Crippen LogP contribution in [0.1, 0.15) is 5.56 Å². The number of thiocarbonyl (C=S) groups is 1. The fourth-order valence-corrected chi connectivity index (χ4v) is 3.99. The lowest BCUT2D eigenvalue weighted by molar-refractivity contribution is -0.121. The van der Waals surface area contributed by atoms with Gasteiger partial charge in [-0.3, -0.25) is 14.2 Å². The number of hydrogen-bond donors (Lipinski definition) is 1. The van der Waals surface area contributed by atoms with Gasteiger partial charge in [0, 0.05) is 12.1 Å². The van der Waals surface area contributed by atoms with Gasteiger partial charge in [0.1, 0.15) is 4.32 Å². The van der Waals surface area contributed by atoms with Crippen molar-refractivity contribution in [2.45, 2.75) is 0 Å². The van der Waals surface area contributed by atoms with Gasteiger partial charge >= 0.3 is 0 Å². The first-order valence-corrected chi connectivity index (χ1v) is 10.0. The molecule has 0 saturated carbocycles. The Balaban J connectivity index is 2.36. The van der Waals surface area contributed by atoms with Crippen LogP contribution >= 0.6 is 24.0 Å². The van der Waals surface area contributed by atoms with Crippen LogP contribution in [-0.2, 0) is 14.9 Å². The summed E-state index contributed by atoms with van der Waals surface area (Å²) in [5.74, 6) is 0.204. The molecule has 1 N–H and O–H groups in total. The highest BCUT2D eigenvalue weighted by atomic mass is 32.2. The minimum Gasteiger partial charge on any atom is -0.493 e. The topological polar surface area (TPSA) is 102 Å². The molecule has 0 spiro atoms. The Morgan fingerprint density at radius 2 is 1.85 bits per heavy atom.